The Kier molecular flexibility index (Phi) is 2.54. The van der Waals surface area contributed by atoms with Crippen molar-refractivity contribution in [1.82, 2.24) is 14.8 Å². The van der Waals surface area contributed by atoms with Gasteiger partial charge in [-0.25, -0.2) is 0 Å². The maximum absolute atomic E-state index is 10.6. The molecule has 0 bridgehead atoms. The number of aromatic nitrogens is 3. The maximum Gasteiger partial charge on any atom is 0.305 e. The predicted octanol–water partition coefficient (Wildman–Crippen LogP) is 1.39. The smallest absolute Gasteiger partial charge is 0.305 e. The predicted molar refractivity (Wildman–Crippen MR) is 51.9 cm³/mol. The molecule has 0 radical (unpaired) electrons. The molecular weight excluding hydrogens is 250 g/mol. The van der Waals surface area contributed by atoms with Gasteiger partial charge in [0.15, 0.2) is 4.73 Å². The Hall–Kier alpha value is -0.910. The molecule has 1 aliphatic heterocycles. The minimum absolute atomic E-state index is 0.000579. The quantitative estimate of drug-likeness (QED) is 0.872. The van der Waals surface area contributed by atoms with Crippen molar-refractivity contribution in [2.24, 2.45) is 0 Å². The number of fused-ring (bicyclic) bond motifs is 1. The fourth-order valence-electron chi connectivity index (χ4n) is 1.85. The summed E-state index contributed by atoms with van der Waals surface area (Å²) in [4.78, 5) is 10.6. The van der Waals surface area contributed by atoms with Crippen LogP contribution in [0, 0.1) is 0 Å². The molecular formula is C8H10BrN3O2. The summed E-state index contributed by atoms with van der Waals surface area (Å²) in [5.74, 6) is 0.109. The van der Waals surface area contributed by atoms with Crippen LogP contribution in [0.5, 0.6) is 0 Å². The van der Waals surface area contributed by atoms with Crippen molar-refractivity contribution in [3.05, 3.63) is 10.6 Å². The van der Waals surface area contributed by atoms with Gasteiger partial charge in [-0.1, -0.05) is 0 Å². The Balaban J connectivity index is 2.29. The lowest BCUT2D eigenvalue weighted by atomic mass is 10.0. The molecule has 14 heavy (non-hydrogen) atoms. The fraction of sp³-hybridized carbons (Fsp3) is 0.625. The van der Waals surface area contributed by atoms with Crippen molar-refractivity contribution >= 4 is 21.9 Å². The average molecular weight is 260 g/mol. The summed E-state index contributed by atoms with van der Waals surface area (Å²) in [7, 11) is 0. The molecule has 0 saturated heterocycles. The number of hydrogen-bond donors (Lipinski definition) is 1. The first-order chi connectivity index (χ1) is 6.68. The van der Waals surface area contributed by atoms with E-state index in [1.807, 2.05) is 4.57 Å². The lowest BCUT2D eigenvalue weighted by molar-refractivity contribution is -0.138. The Bertz CT molecular complexity index is 363. The molecule has 76 valence electrons. The third kappa shape index (κ3) is 1.66. The van der Waals surface area contributed by atoms with Gasteiger partial charge in [0.1, 0.15) is 5.82 Å². The van der Waals surface area contributed by atoms with Crippen molar-refractivity contribution < 1.29 is 9.90 Å². The second-order valence-electron chi connectivity index (χ2n) is 3.40. The topological polar surface area (TPSA) is 68.0 Å². The highest BCUT2D eigenvalue weighted by atomic mass is 79.9. The van der Waals surface area contributed by atoms with E-state index in [9.17, 15) is 4.79 Å². The van der Waals surface area contributed by atoms with Crippen LogP contribution in [0.25, 0.3) is 0 Å². The summed E-state index contributed by atoms with van der Waals surface area (Å²) in [5.41, 5.74) is 0. The summed E-state index contributed by atoms with van der Waals surface area (Å²) >= 11 is 3.28. The van der Waals surface area contributed by atoms with Gasteiger partial charge in [-0.2, -0.15) is 0 Å². The number of carboxylic acid groups (broad SMARTS) is 1. The molecule has 1 aromatic heterocycles. The van der Waals surface area contributed by atoms with Crippen LogP contribution >= 0.6 is 15.9 Å². The van der Waals surface area contributed by atoms with Crippen LogP contribution in [0.4, 0.5) is 0 Å². The van der Waals surface area contributed by atoms with Crippen molar-refractivity contribution in [2.75, 3.05) is 0 Å². The van der Waals surface area contributed by atoms with E-state index >= 15 is 0 Å². The Morgan fingerprint density at radius 1 is 1.64 bits per heavy atom. The van der Waals surface area contributed by atoms with Gasteiger partial charge in [0.2, 0.25) is 0 Å². The zero-order chi connectivity index (χ0) is 10.1. The van der Waals surface area contributed by atoms with Gasteiger partial charge in [-0.15, -0.1) is 10.2 Å². The highest BCUT2D eigenvalue weighted by Gasteiger charge is 2.25. The zero-order valence-corrected chi connectivity index (χ0v) is 9.07. The highest BCUT2D eigenvalue weighted by Crippen LogP contribution is 2.29. The number of aryl methyl sites for hydroxylation is 1. The van der Waals surface area contributed by atoms with E-state index in [1.54, 1.807) is 0 Å². The molecule has 0 spiro atoms. The summed E-state index contributed by atoms with van der Waals surface area (Å²) in [6.07, 6.45) is 2.90. The molecule has 1 atom stereocenters. The van der Waals surface area contributed by atoms with Crippen LogP contribution in [0.2, 0.25) is 0 Å². The van der Waals surface area contributed by atoms with Gasteiger partial charge < -0.3 is 9.67 Å². The average Bonchev–Trinajstić information content (AvgIpc) is 2.48. The van der Waals surface area contributed by atoms with Gasteiger partial charge in [-0.05, 0) is 28.8 Å². The van der Waals surface area contributed by atoms with Crippen LogP contribution in [0.15, 0.2) is 4.73 Å². The molecule has 0 saturated carbocycles. The number of carbonyl (C=O) groups is 1. The first-order valence-electron chi connectivity index (χ1n) is 4.49. The zero-order valence-electron chi connectivity index (χ0n) is 7.48. The molecule has 0 aliphatic carbocycles. The van der Waals surface area contributed by atoms with E-state index in [-0.39, 0.29) is 12.5 Å². The van der Waals surface area contributed by atoms with E-state index in [4.69, 9.17) is 5.11 Å². The molecule has 0 fully saturated rings. The van der Waals surface area contributed by atoms with E-state index in [0.29, 0.717) is 4.73 Å². The summed E-state index contributed by atoms with van der Waals surface area (Å²) < 4.78 is 2.52. The minimum atomic E-state index is -0.775. The molecule has 1 aliphatic rings. The molecule has 0 aromatic carbocycles. The lowest BCUT2D eigenvalue weighted by Gasteiger charge is -2.23. The van der Waals surface area contributed by atoms with Gasteiger partial charge in [0.05, 0.1) is 6.42 Å². The molecule has 5 nitrogen and oxygen atoms in total. The van der Waals surface area contributed by atoms with Crippen molar-refractivity contribution in [1.29, 1.82) is 0 Å². The van der Waals surface area contributed by atoms with Gasteiger partial charge in [0.25, 0.3) is 0 Å². The first-order valence-corrected chi connectivity index (χ1v) is 5.29. The maximum atomic E-state index is 10.6. The molecule has 2 rings (SSSR count). The van der Waals surface area contributed by atoms with Crippen LogP contribution in [0.1, 0.15) is 31.1 Å². The normalized spacial score (nSPS) is 20.5. The third-order valence-electron chi connectivity index (χ3n) is 2.44. The number of rotatable bonds is 2. The van der Waals surface area contributed by atoms with Gasteiger partial charge in [-0.3, -0.25) is 4.79 Å². The summed E-state index contributed by atoms with van der Waals surface area (Å²) in [6, 6.07) is 0.000579. The molecule has 1 aromatic rings. The molecule has 6 heteroatoms. The van der Waals surface area contributed by atoms with Crippen LogP contribution in [-0.4, -0.2) is 25.8 Å². The van der Waals surface area contributed by atoms with E-state index in [1.165, 1.54) is 0 Å². The van der Waals surface area contributed by atoms with Crippen LogP contribution in [0.3, 0.4) is 0 Å². The first kappa shape index (κ1) is 9.64. The van der Waals surface area contributed by atoms with E-state index < -0.39 is 5.97 Å². The fourth-order valence-corrected chi connectivity index (χ4v) is 2.43. The number of carboxylic acids is 1. The van der Waals surface area contributed by atoms with Crippen LogP contribution in [-0.2, 0) is 11.2 Å². The van der Waals surface area contributed by atoms with E-state index in [0.717, 1.165) is 25.1 Å². The minimum Gasteiger partial charge on any atom is -0.481 e. The van der Waals surface area contributed by atoms with Gasteiger partial charge in [0, 0.05) is 12.5 Å². The Labute approximate surface area is 89.3 Å². The number of nitrogens with zero attached hydrogens (tertiary/aromatic N) is 3. The van der Waals surface area contributed by atoms with E-state index in [2.05, 4.69) is 26.1 Å². The molecule has 1 unspecified atom stereocenters. The number of halogens is 1. The standard InChI is InChI=1S/C8H10BrN3O2/c9-8-11-10-6-3-1-2-5(12(6)8)4-7(13)14/h5H,1-4H2,(H,13,14). The van der Waals surface area contributed by atoms with Crippen molar-refractivity contribution in [3.8, 4) is 0 Å². The Morgan fingerprint density at radius 3 is 3.14 bits per heavy atom. The summed E-state index contributed by atoms with van der Waals surface area (Å²) in [5, 5.41) is 16.6. The second kappa shape index (κ2) is 3.68. The highest BCUT2D eigenvalue weighted by molar-refractivity contribution is 9.10. The molecule has 1 N–H and O–H groups in total. The Morgan fingerprint density at radius 2 is 2.43 bits per heavy atom. The molecule has 2 heterocycles. The number of hydrogen-bond acceptors (Lipinski definition) is 3. The largest absolute Gasteiger partial charge is 0.481 e. The SMILES string of the molecule is O=C(O)CC1CCCc2nnc(Br)n21. The second-order valence-corrected chi connectivity index (χ2v) is 4.11. The number of aliphatic carboxylic acids is 1. The van der Waals surface area contributed by atoms with Crippen molar-refractivity contribution in [3.63, 3.8) is 0 Å². The van der Waals surface area contributed by atoms with Crippen molar-refractivity contribution in [2.45, 2.75) is 31.7 Å². The van der Waals surface area contributed by atoms with Crippen LogP contribution < -0.4 is 0 Å². The van der Waals surface area contributed by atoms with Gasteiger partial charge >= 0.3 is 5.97 Å². The monoisotopic (exact) mass is 259 g/mol. The lowest BCUT2D eigenvalue weighted by Crippen LogP contribution is -2.20. The summed E-state index contributed by atoms with van der Waals surface area (Å²) in [6.45, 7) is 0. The third-order valence-corrected chi connectivity index (χ3v) is 2.98. The molecule has 0 amide bonds.